The van der Waals surface area contributed by atoms with E-state index in [1.807, 2.05) is 0 Å². The average Bonchev–Trinajstić information content (AvgIpc) is 3.34. The lowest BCUT2D eigenvalue weighted by atomic mass is 9.81. The molecule has 0 radical (unpaired) electrons. The summed E-state index contributed by atoms with van der Waals surface area (Å²) < 4.78 is 27.4. The Kier molecular flexibility index (Phi) is 8.65. The van der Waals surface area contributed by atoms with Gasteiger partial charge in [-0.15, -0.1) is 0 Å². The third-order valence-electron chi connectivity index (χ3n) is 6.08. The molecule has 0 spiro atoms. The number of hydrogen-bond donors (Lipinski definition) is 3. The SMILES string of the molecule is CC(=O)NC(CC1CC(F)CC(F)C1)C(O)CNC1(C/C=C/CC(C)(C)C)CC1. The van der Waals surface area contributed by atoms with E-state index in [0.717, 1.165) is 25.7 Å². The number of allylic oxidation sites excluding steroid dienone is 1. The van der Waals surface area contributed by atoms with Gasteiger partial charge in [0.1, 0.15) is 12.3 Å². The van der Waals surface area contributed by atoms with Crippen molar-refractivity contribution in [1.29, 1.82) is 0 Å². The van der Waals surface area contributed by atoms with Gasteiger partial charge in [0.25, 0.3) is 0 Å². The monoisotopic (exact) mass is 414 g/mol. The van der Waals surface area contributed by atoms with Gasteiger partial charge in [-0.1, -0.05) is 32.9 Å². The molecular formula is C23H40F2N2O2. The van der Waals surface area contributed by atoms with E-state index in [4.69, 9.17) is 0 Å². The highest BCUT2D eigenvalue weighted by molar-refractivity contribution is 5.73. The molecule has 4 nitrogen and oxygen atoms in total. The predicted octanol–water partition coefficient (Wildman–Crippen LogP) is 4.22. The second kappa shape index (κ2) is 10.3. The lowest BCUT2D eigenvalue weighted by Crippen LogP contribution is -2.50. The maximum atomic E-state index is 13.7. The smallest absolute Gasteiger partial charge is 0.217 e. The molecule has 6 heteroatoms. The van der Waals surface area contributed by atoms with E-state index < -0.39 is 24.5 Å². The zero-order valence-corrected chi connectivity index (χ0v) is 18.5. The molecule has 2 aliphatic carbocycles. The van der Waals surface area contributed by atoms with Gasteiger partial charge in [-0.2, -0.15) is 0 Å². The summed E-state index contributed by atoms with van der Waals surface area (Å²) in [6, 6.07) is -0.491. The van der Waals surface area contributed by atoms with Crippen LogP contribution in [0.1, 0.15) is 79.1 Å². The number of rotatable bonds is 10. The molecule has 2 aliphatic rings. The van der Waals surface area contributed by atoms with Gasteiger partial charge < -0.3 is 15.7 Å². The molecule has 1 amide bonds. The van der Waals surface area contributed by atoms with Crippen molar-refractivity contribution in [2.24, 2.45) is 11.3 Å². The summed E-state index contributed by atoms with van der Waals surface area (Å²) in [6.45, 7) is 8.41. The Morgan fingerprint density at radius 2 is 1.79 bits per heavy atom. The topological polar surface area (TPSA) is 61.4 Å². The first-order chi connectivity index (χ1) is 13.5. The fourth-order valence-corrected chi connectivity index (χ4v) is 4.23. The molecule has 2 rings (SSSR count). The van der Waals surface area contributed by atoms with Crippen LogP contribution < -0.4 is 10.6 Å². The van der Waals surface area contributed by atoms with Gasteiger partial charge in [-0.05, 0) is 56.3 Å². The minimum Gasteiger partial charge on any atom is -0.390 e. The van der Waals surface area contributed by atoms with Gasteiger partial charge >= 0.3 is 0 Å². The maximum Gasteiger partial charge on any atom is 0.217 e. The van der Waals surface area contributed by atoms with Crippen molar-refractivity contribution in [1.82, 2.24) is 10.6 Å². The summed E-state index contributed by atoms with van der Waals surface area (Å²) in [4.78, 5) is 11.6. The second-order valence-electron chi connectivity index (χ2n) is 10.5. The molecule has 0 heterocycles. The highest BCUT2D eigenvalue weighted by Crippen LogP contribution is 2.39. The lowest BCUT2D eigenvalue weighted by molar-refractivity contribution is -0.120. The molecule has 168 valence electrons. The number of carbonyl (C=O) groups is 1. The van der Waals surface area contributed by atoms with Crippen LogP contribution in [0.5, 0.6) is 0 Å². The summed E-state index contributed by atoms with van der Waals surface area (Å²) in [7, 11) is 0. The molecule has 0 aromatic heterocycles. The minimum atomic E-state index is -1.13. The highest BCUT2D eigenvalue weighted by atomic mass is 19.1. The van der Waals surface area contributed by atoms with Crippen molar-refractivity contribution < 1.29 is 18.7 Å². The lowest BCUT2D eigenvalue weighted by Gasteiger charge is -2.33. The van der Waals surface area contributed by atoms with Crippen LogP contribution in [0.25, 0.3) is 0 Å². The second-order valence-corrected chi connectivity index (χ2v) is 10.5. The molecule has 0 aromatic carbocycles. The molecule has 0 bridgehead atoms. The number of aliphatic hydroxyl groups is 1. The van der Waals surface area contributed by atoms with E-state index in [0.29, 0.717) is 25.8 Å². The van der Waals surface area contributed by atoms with Crippen molar-refractivity contribution in [3.05, 3.63) is 12.2 Å². The number of aliphatic hydroxyl groups excluding tert-OH is 1. The number of carbonyl (C=O) groups excluding carboxylic acids is 1. The van der Waals surface area contributed by atoms with Crippen molar-refractivity contribution >= 4 is 5.91 Å². The van der Waals surface area contributed by atoms with Crippen LogP contribution in [0, 0.1) is 11.3 Å². The van der Waals surface area contributed by atoms with Crippen molar-refractivity contribution in [3.8, 4) is 0 Å². The molecule has 4 unspecified atom stereocenters. The molecule has 0 aliphatic heterocycles. The zero-order chi connectivity index (χ0) is 21.7. The van der Waals surface area contributed by atoms with Crippen LogP contribution in [0.3, 0.4) is 0 Å². The summed E-state index contributed by atoms with van der Waals surface area (Å²) in [5.41, 5.74) is 0.313. The Bertz CT molecular complexity index is 548. The Balaban J connectivity index is 1.84. The van der Waals surface area contributed by atoms with Gasteiger partial charge in [0.15, 0.2) is 0 Å². The Morgan fingerprint density at radius 1 is 1.17 bits per heavy atom. The first kappa shape index (κ1) is 24.3. The average molecular weight is 415 g/mol. The third-order valence-corrected chi connectivity index (χ3v) is 6.08. The summed E-state index contributed by atoms with van der Waals surface area (Å²) in [5.74, 6) is -0.389. The van der Waals surface area contributed by atoms with Crippen molar-refractivity contribution in [2.75, 3.05) is 6.54 Å². The number of hydrogen-bond acceptors (Lipinski definition) is 3. The van der Waals surface area contributed by atoms with Crippen LogP contribution >= 0.6 is 0 Å². The molecule has 3 N–H and O–H groups in total. The summed E-state index contributed by atoms with van der Waals surface area (Å²) in [5, 5.41) is 17.0. The van der Waals surface area contributed by atoms with Crippen LogP contribution in [0.2, 0.25) is 0 Å². The fraction of sp³-hybridized carbons (Fsp3) is 0.870. The molecule has 29 heavy (non-hydrogen) atoms. The minimum absolute atomic E-state index is 0.0311. The number of amides is 1. The van der Waals surface area contributed by atoms with Gasteiger partial charge in [0, 0.05) is 25.4 Å². The van der Waals surface area contributed by atoms with Crippen LogP contribution in [0.4, 0.5) is 8.78 Å². The number of β-amino-alcohol motifs (C(OH)–C–C–N with tert-alkyl or cyclic N) is 1. The molecule has 2 saturated carbocycles. The first-order valence-corrected chi connectivity index (χ1v) is 11.1. The van der Waals surface area contributed by atoms with Crippen LogP contribution in [-0.2, 0) is 4.79 Å². The van der Waals surface area contributed by atoms with Crippen molar-refractivity contribution in [3.63, 3.8) is 0 Å². The maximum absolute atomic E-state index is 13.7. The molecule has 0 saturated heterocycles. The Morgan fingerprint density at radius 3 is 2.31 bits per heavy atom. The normalized spacial score (nSPS) is 28.9. The zero-order valence-electron chi connectivity index (χ0n) is 18.5. The Labute approximate surface area is 174 Å². The van der Waals surface area contributed by atoms with Crippen LogP contribution in [0.15, 0.2) is 12.2 Å². The van der Waals surface area contributed by atoms with E-state index in [2.05, 4.69) is 43.6 Å². The standard InChI is InChI=1S/C23H40F2N2O2/c1-16(28)27-20(13-17-11-18(24)14-19(25)12-17)21(29)15-26-23(9-10-23)8-6-5-7-22(2,3)4/h5-6,17-21,26,29H,7-15H2,1-4H3,(H,27,28)/b6-5+. The van der Waals surface area contributed by atoms with Crippen LogP contribution in [-0.4, -0.2) is 47.6 Å². The molecule has 0 aromatic rings. The van der Waals surface area contributed by atoms with E-state index >= 15 is 0 Å². The molecule has 2 fully saturated rings. The van der Waals surface area contributed by atoms with Gasteiger partial charge in [0.05, 0.1) is 12.1 Å². The first-order valence-electron chi connectivity index (χ1n) is 11.1. The number of halogens is 2. The summed E-state index contributed by atoms with van der Waals surface area (Å²) in [6.07, 6.45) is 6.47. The number of alkyl halides is 2. The van der Waals surface area contributed by atoms with Gasteiger partial charge in [-0.3, -0.25) is 4.79 Å². The van der Waals surface area contributed by atoms with Gasteiger partial charge in [0.2, 0.25) is 5.91 Å². The molecular weight excluding hydrogens is 374 g/mol. The number of nitrogens with one attached hydrogen (secondary N) is 2. The van der Waals surface area contributed by atoms with E-state index in [1.165, 1.54) is 6.92 Å². The van der Waals surface area contributed by atoms with Crippen molar-refractivity contribution in [2.45, 2.75) is 109 Å². The van der Waals surface area contributed by atoms with E-state index in [-0.39, 0.29) is 29.2 Å². The summed E-state index contributed by atoms with van der Waals surface area (Å²) >= 11 is 0. The highest BCUT2D eigenvalue weighted by Gasteiger charge is 2.42. The Hall–Kier alpha value is -1.01. The largest absolute Gasteiger partial charge is 0.390 e. The molecule has 4 atom stereocenters. The van der Waals surface area contributed by atoms with E-state index in [1.54, 1.807) is 0 Å². The van der Waals surface area contributed by atoms with Gasteiger partial charge in [-0.25, -0.2) is 8.78 Å². The third kappa shape index (κ3) is 9.12. The predicted molar refractivity (Wildman–Crippen MR) is 113 cm³/mol. The fourth-order valence-electron chi connectivity index (χ4n) is 4.23. The quantitative estimate of drug-likeness (QED) is 0.469. The van der Waals surface area contributed by atoms with E-state index in [9.17, 15) is 18.7 Å².